The number of rotatable bonds is 10. The molecule has 0 aliphatic carbocycles. The minimum atomic E-state index is -1.39. The number of hydrogen-bond acceptors (Lipinski definition) is 3. The van der Waals surface area contributed by atoms with Gasteiger partial charge in [-0.1, -0.05) is 105 Å². The smallest absolute Gasteiger partial charge is 0.286 e. The van der Waals surface area contributed by atoms with E-state index in [9.17, 15) is 14.9 Å². The third kappa shape index (κ3) is 5.41. The summed E-state index contributed by atoms with van der Waals surface area (Å²) in [6.45, 7) is 2.22. The zero-order valence-electron chi connectivity index (χ0n) is 17.3. The molecule has 1 atom stereocenters. The van der Waals surface area contributed by atoms with Crippen molar-refractivity contribution in [3.63, 3.8) is 0 Å². The number of nitrogens with zero attached hydrogens (tertiary/aromatic N) is 1. The van der Waals surface area contributed by atoms with Crippen LogP contribution in [0.25, 0.3) is 11.1 Å². The molecule has 30 heavy (non-hydrogen) atoms. The number of hydrogen-bond donors (Lipinski definition) is 0. The van der Waals surface area contributed by atoms with Crippen molar-refractivity contribution in [2.45, 2.75) is 45.1 Å². The Kier molecular flexibility index (Phi) is 7.50. The third-order valence-corrected chi connectivity index (χ3v) is 5.35. The van der Waals surface area contributed by atoms with Crippen LogP contribution in [-0.2, 0) is 6.42 Å². The first-order valence-corrected chi connectivity index (χ1v) is 10.5. The quantitative estimate of drug-likeness (QED) is 0.165. The molecule has 3 rings (SSSR count). The van der Waals surface area contributed by atoms with Gasteiger partial charge in [-0.2, -0.15) is 0 Å². The van der Waals surface area contributed by atoms with Crippen molar-refractivity contribution in [2.75, 3.05) is 0 Å². The van der Waals surface area contributed by atoms with Crippen molar-refractivity contribution in [3.8, 4) is 11.1 Å². The minimum absolute atomic E-state index is 0.344. The number of ketones is 1. The lowest BCUT2D eigenvalue weighted by atomic mass is 9.95. The van der Waals surface area contributed by atoms with Gasteiger partial charge in [-0.3, -0.25) is 14.9 Å². The zero-order valence-corrected chi connectivity index (χ0v) is 17.3. The molecule has 0 aliphatic rings. The van der Waals surface area contributed by atoms with E-state index >= 15 is 0 Å². The first-order chi connectivity index (χ1) is 14.6. The van der Waals surface area contributed by atoms with Gasteiger partial charge < -0.3 is 0 Å². The molecule has 3 aromatic carbocycles. The molecule has 0 N–H and O–H groups in total. The standard InChI is InChI=1S/C26H27NO3/c1-2-3-4-6-9-20-12-14-21(15-13-20)22-16-18-24(19-17-22)26(28)25(27(29)30)23-10-7-5-8-11-23/h5,7-8,10-19,25H,2-4,6,9H2,1H3. The Bertz CT molecular complexity index is 963. The molecule has 4 nitrogen and oxygen atoms in total. The Morgan fingerprint density at radius 1 is 0.833 bits per heavy atom. The second-order valence-electron chi connectivity index (χ2n) is 7.55. The van der Waals surface area contributed by atoms with Crippen molar-refractivity contribution >= 4 is 5.78 Å². The fourth-order valence-electron chi connectivity index (χ4n) is 3.61. The molecule has 0 aliphatic heterocycles. The van der Waals surface area contributed by atoms with Crippen molar-refractivity contribution < 1.29 is 9.72 Å². The number of aryl methyl sites for hydroxylation is 1. The highest BCUT2D eigenvalue weighted by atomic mass is 16.6. The van der Waals surface area contributed by atoms with Crippen LogP contribution in [0, 0.1) is 10.1 Å². The molecular weight excluding hydrogens is 374 g/mol. The summed E-state index contributed by atoms with van der Waals surface area (Å²) < 4.78 is 0. The molecule has 0 saturated heterocycles. The van der Waals surface area contributed by atoms with Crippen molar-refractivity contribution in [3.05, 3.63) is 106 Å². The fourth-order valence-corrected chi connectivity index (χ4v) is 3.61. The summed E-state index contributed by atoms with van der Waals surface area (Å²) in [5.41, 5.74) is 4.13. The van der Waals surface area contributed by atoms with Crippen LogP contribution in [-0.4, -0.2) is 10.7 Å². The van der Waals surface area contributed by atoms with E-state index in [1.165, 1.54) is 31.2 Å². The number of unbranched alkanes of at least 4 members (excludes halogenated alkanes) is 3. The largest absolute Gasteiger partial charge is 0.299 e. The number of benzene rings is 3. The summed E-state index contributed by atoms with van der Waals surface area (Å²) in [5, 5.41) is 11.5. The van der Waals surface area contributed by atoms with E-state index in [1.807, 2.05) is 12.1 Å². The van der Waals surface area contributed by atoms with E-state index in [0.29, 0.717) is 11.1 Å². The first-order valence-electron chi connectivity index (χ1n) is 10.5. The maximum Gasteiger partial charge on any atom is 0.299 e. The van der Waals surface area contributed by atoms with E-state index in [0.717, 1.165) is 17.5 Å². The Balaban J connectivity index is 1.71. The molecule has 3 aromatic rings. The SMILES string of the molecule is CCCCCCc1ccc(-c2ccc(C(=O)C(c3ccccc3)[N+](=O)[O-])cc2)cc1. The van der Waals surface area contributed by atoms with E-state index in [1.54, 1.807) is 42.5 Å². The Morgan fingerprint density at radius 3 is 2.00 bits per heavy atom. The van der Waals surface area contributed by atoms with Crippen LogP contribution in [0.5, 0.6) is 0 Å². The van der Waals surface area contributed by atoms with Gasteiger partial charge in [0.05, 0.1) is 0 Å². The Morgan fingerprint density at radius 2 is 1.43 bits per heavy atom. The number of nitro groups is 1. The molecule has 0 bridgehead atoms. The number of Topliss-reactive ketones (excluding diaryl/α,β-unsaturated/α-hetero) is 1. The number of carbonyl (C=O) groups is 1. The lowest BCUT2D eigenvalue weighted by Crippen LogP contribution is -2.21. The molecule has 0 spiro atoms. The van der Waals surface area contributed by atoms with Gasteiger partial charge in [-0.05, 0) is 29.5 Å². The summed E-state index contributed by atoms with van der Waals surface area (Å²) >= 11 is 0. The lowest BCUT2D eigenvalue weighted by Gasteiger charge is -2.10. The van der Waals surface area contributed by atoms with Gasteiger partial charge in [0.2, 0.25) is 5.78 Å². The molecule has 154 valence electrons. The van der Waals surface area contributed by atoms with Gasteiger partial charge in [-0.25, -0.2) is 0 Å². The lowest BCUT2D eigenvalue weighted by molar-refractivity contribution is -0.510. The molecule has 0 saturated carbocycles. The molecule has 0 aromatic heterocycles. The van der Waals surface area contributed by atoms with Gasteiger partial charge in [0.25, 0.3) is 6.04 Å². The normalized spacial score (nSPS) is 11.8. The minimum Gasteiger partial charge on any atom is -0.286 e. The van der Waals surface area contributed by atoms with Gasteiger partial charge >= 0.3 is 0 Å². The van der Waals surface area contributed by atoms with E-state index < -0.39 is 16.7 Å². The fraction of sp³-hybridized carbons (Fsp3) is 0.269. The molecule has 0 heterocycles. The molecule has 1 unspecified atom stereocenters. The first kappa shape index (κ1) is 21.4. The summed E-state index contributed by atoms with van der Waals surface area (Å²) in [7, 11) is 0. The maximum atomic E-state index is 12.8. The summed E-state index contributed by atoms with van der Waals surface area (Å²) in [5.74, 6) is -0.500. The van der Waals surface area contributed by atoms with Crippen LogP contribution in [0.15, 0.2) is 78.9 Å². The van der Waals surface area contributed by atoms with Crippen LogP contribution in [0.1, 0.15) is 60.1 Å². The molecule has 0 amide bonds. The summed E-state index contributed by atoms with van der Waals surface area (Å²) in [6, 6.07) is 22.6. The van der Waals surface area contributed by atoms with E-state index in [4.69, 9.17) is 0 Å². The van der Waals surface area contributed by atoms with Gasteiger partial charge in [0.15, 0.2) is 0 Å². The maximum absolute atomic E-state index is 12.8. The topological polar surface area (TPSA) is 60.2 Å². The number of carbonyl (C=O) groups excluding carboxylic acids is 1. The summed E-state index contributed by atoms with van der Waals surface area (Å²) in [4.78, 5) is 23.8. The molecule has 0 radical (unpaired) electrons. The highest BCUT2D eigenvalue weighted by molar-refractivity contribution is 6.00. The van der Waals surface area contributed by atoms with Gasteiger partial charge in [0, 0.05) is 16.1 Å². The van der Waals surface area contributed by atoms with Crippen LogP contribution in [0.3, 0.4) is 0 Å². The van der Waals surface area contributed by atoms with Crippen LogP contribution < -0.4 is 0 Å². The second-order valence-corrected chi connectivity index (χ2v) is 7.55. The average Bonchev–Trinajstić information content (AvgIpc) is 2.78. The highest BCUT2D eigenvalue weighted by Crippen LogP contribution is 2.25. The Hall–Kier alpha value is -3.27. The predicted octanol–water partition coefficient (Wildman–Crippen LogP) is 6.68. The molecule has 4 heteroatoms. The van der Waals surface area contributed by atoms with Crippen molar-refractivity contribution in [2.24, 2.45) is 0 Å². The molecular formula is C26H27NO3. The van der Waals surface area contributed by atoms with Gasteiger partial charge in [0.1, 0.15) is 0 Å². The van der Waals surface area contributed by atoms with E-state index in [-0.39, 0.29) is 0 Å². The van der Waals surface area contributed by atoms with Crippen molar-refractivity contribution in [1.82, 2.24) is 0 Å². The van der Waals surface area contributed by atoms with Crippen molar-refractivity contribution in [1.29, 1.82) is 0 Å². The third-order valence-electron chi connectivity index (χ3n) is 5.35. The molecule has 0 fully saturated rings. The average molecular weight is 402 g/mol. The highest BCUT2D eigenvalue weighted by Gasteiger charge is 2.32. The Labute approximate surface area is 177 Å². The van der Waals surface area contributed by atoms with E-state index in [2.05, 4.69) is 31.2 Å². The van der Waals surface area contributed by atoms with Gasteiger partial charge in [-0.15, -0.1) is 0 Å². The second kappa shape index (κ2) is 10.5. The van der Waals surface area contributed by atoms with Crippen LogP contribution in [0.2, 0.25) is 0 Å². The predicted molar refractivity (Wildman–Crippen MR) is 120 cm³/mol. The summed E-state index contributed by atoms with van der Waals surface area (Å²) in [6.07, 6.45) is 6.09. The zero-order chi connectivity index (χ0) is 21.3. The van der Waals surface area contributed by atoms with Crippen LogP contribution in [0.4, 0.5) is 0 Å². The monoisotopic (exact) mass is 401 g/mol. The van der Waals surface area contributed by atoms with Crippen LogP contribution >= 0.6 is 0 Å².